The highest BCUT2D eigenvalue weighted by Gasteiger charge is 2.07. The fourth-order valence-corrected chi connectivity index (χ4v) is 1.16. The number of ether oxygens (including phenoxy) is 1. The van der Waals surface area contributed by atoms with Gasteiger partial charge in [-0.05, 0) is 6.42 Å². The molecule has 1 aromatic rings. The highest BCUT2D eigenvalue weighted by Crippen LogP contribution is 2.06. The lowest BCUT2D eigenvalue weighted by atomic mass is 10.2. The molecule has 6 nitrogen and oxygen atoms in total. The fraction of sp³-hybridized carbons (Fsp3) is 0.385. The van der Waals surface area contributed by atoms with Gasteiger partial charge in [-0.15, -0.1) is 0 Å². The van der Waals surface area contributed by atoms with E-state index in [0.717, 1.165) is 6.42 Å². The Morgan fingerprint density at radius 3 is 2.37 bits per heavy atom. The van der Waals surface area contributed by atoms with Gasteiger partial charge in [-0.2, -0.15) is 5.26 Å². The Kier molecular flexibility index (Phi) is 8.37. The molecule has 1 aromatic carbocycles. The van der Waals surface area contributed by atoms with Crippen LogP contribution in [0.1, 0.15) is 26.7 Å². The summed E-state index contributed by atoms with van der Waals surface area (Å²) < 4.78 is 4.64. The SMILES string of the molecule is CCCC(C#N)OC(C)=O.O=[N+]([O-])c1ccccc1. The largest absolute Gasteiger partial charge is 0.447 e. The summed E-state index contributed by atoms with van der Waals surface area (Å²) >= 11 is 0. The normalized spacial score (nSPS) is 10.4. The van der Waals surface area contributed by atoms with Crippen LogP contribution < -0.4 is 0 Å². The first-order valence-electron chi connectivity index (χ1n) is 5.77. The number of para-hydroxylation sites is 1. The number of hydrogen-bond donors (Lipinski definition) is 0. The number of non-ortho nitro benzene ring substituents is 1. The third-order valence-electron chi connectivity index (χ3n) is 1.97. The minimum Gasteiger partial charge on any atom is -0.447 e. The van der Waals surface area contributed by atoms with Crippen molar-refractivity contribution in [3.63, 3.8) is 0 Å². The Hall–Kier alpha value is -2.42. The lowest BCUT2D eigenvalue weighted by Crippen LogP contribution is -2.13. The molecular weight excluding hydrogens is 248 g/mol. The summed E-state index contributed by atoms with van der Waals surface area (Å²) in [4.78, 5) is 19.9. The third kappa shape index (κ3) is 8.32. The van der Waals surface area contributed by atoms with E-state index >= 15 is 0 Å². The maximum atomic E-state index is 10.3. The van der Waals surface area contributed by atoms with Crippen molar-refractivity contribution in [2.24, 2.45) is 0 Å². The lowest BCUT2D eigenvalue weighted by Gasteiger charge is -2.05. The molecule has 19 heavy (non-hydrogen) atoms. The first kappa shape index (κ1) is 16.6. The molecule has 0 heterocycles. The van der Waals surface area contributed by atoms with Gasteiger partial charge < -0.3 is 4.74 Å². The molecule has 0 aliphatic rings. The van der Waals surface area contributed by atoms with Crippen molar-refractivity contribution in [3.8, 4) is 6.07 Å². The predicted molar refractivity (Wildman–Crippen MR) is 69.2 cm³/mol. The minimum atomic E-state index is -0.553. The van der Waals surface area contributed by atoms with Gasteiger partial charge >= 0.3 is 5.97 Å². The second-order valence-corrected chi connectivity index (χ2v) is 3.61. The fourth-order valence-electron chi connectivity index (χ4n) is 1.16. The molecule has 1 rings (SSSR count). The van der Waals surface area contributed by atoms with E-state index in [9.17, 15) is 14.9 Å². The summed E-state index contributed by atoms with van der Waals surface area (Å²) in [7, 11) is 0. The van der Waals surface area contributed by atoms with E-state index in [2.05, 4.69) is 4.74 Å². The van der Waals surface area contributed by atoms with Crippen molar-refractivity contribution >= 4 is 11.7 Å². The van der Waals surface area contributed by atoms with Crippen LogP contribution in [0.25, 0.3) is 0 Å². The Morgan fingerprint density at radius 1 is 1.47 bits per heavy atom. The van der Waals surface area contributed by atoms with Gasteiger partial charge in [0.1, 0.15) is 6.07 Å². The van der Waals surface area contributed by atoms with Crippen LogP contribution >= 0.6 is 0 Å². The molecule has 0 saturated heterocycles. The maximum Gasteiger partial charge on any atom is 0.303 e. The first-order valence-corrected chi connectivity index (χ1v) is 5.77. The number of hydrogen-bond acceptors (Lipinski definition) is 5. The molecule has 6 heteroatoms. The zero-order valence-electron chi connectivity index (χ0n) is 10.9. The first-order chi connectivity index (χ1) is 9.01. The highest BCUT2D eigenvalue weighted by molar-refractivity contribution is 5.66. The van der Waals surface area contributed by atoms with Crippen LogP contribution in [0, 0.1) is 21.4 Å². The molecule has 0 aliphatic heterocycles. The van der Waals surface area contributed by atoms with Gasteiger partial charge in [0.25, 0.3) is 5.69 Å². The van der Waals surface area contributed by atoms with Crippen molar-refractivity contribution < 1.29 is 14.5 Å². The van der Waals surface area contributed by atoms with Gasteiger partial charge in [-0.1, -0.05) is 31.5 Å². The molecule has 1 atom stereocenters. The van der Waals surface area contributed by atoms with Gasteiger partial charge in [-0.25, -0.2) is 0 Å². The Morgan fingerprint density at radius 2 is 2.05 bits per heavy atom. The van der Waals surface area contributed by atoms with Crippen molar-refractivity contribution in [2.45, 2.75) is 32.8 Å². The summed E-state index contributed by atoms with van der Waals surface area (Å²) in [6.07, 6.45) is 0.921. The van der Waals surface area contributed by atoms with Gasteiger partial charge in [0.15, 0.2) is 6.10 Å². The maximum absolute atomic E-state index is 10.3. The number of benzene rings is 1. The Balaban J connectivity index is 0.000000342. The summed E-state index contributed by atoms with van der Waals surface area (Å²) in [5.74, 6) is -0.389. The average Bonchev–Trinajstić information content (AvgIpc) is 2.39. The van der Waals surface area contributed by atoms with Gasteiger partial charge in [0.05, 0.1) is 4.92 Å². The molecule has 102 valence electrons. The molecule has 0 fully saturated rings. The standard InChI is InChI=1S/C7H11NO2.C6H5NO2/c1-3-4-7(5-8)10-6(2)9;8-7(9)6-4-2-1-3-5-6/h7H,3-4H2,1-2H3;1-5H. The van der Waals surface area contributed by atoms with E-state index < -0.39 is 11.0 Å². The minimum absolute atomic E-state index is 0.137. The van der Waals surface area contributed by atoms with E-state index in [1.807, 2.05) is 13.0 Å². The second-order valence-electron chi connectivity index (χ2n) is 3.61. The number of nitrogens with zero attached hydrogens (tertiary/aromatic N) is 2. The average molecular weight is 264 g/mol. The molecule has 0 saturated carbocycles. The van der Waals surface area contributed by atoms with Crippen molar-refractivity contribution in [1.82, 2.24) is 0 Å². The van der Waals surface area contributed by atoms with Crippen LogP contribution in [0.15, 0.2) is 30.3 Å². The van der Waals surface area contributed by atoms with Crippen LogP contribution in [0.4, 0.5) is 5.69 Å². The van der Waals surface area contributed by atoms with Gasteiger partial charge in [0.2, 0.25) is 0 Å². The zero-order chi connectivity index (χ0) is 14.7. The lowest BCUT2D eigenvalue weighted by molar-refractivity contribution is -0.384. The predicted octanol–water partition coefficient (Wildman–Crippen LogP) is 2.84. The molecule has 0 N–H and O–H groups in total. The number of nitriles is 1. The van der Waals surface area contributed by atoms with Gasteiger partial charge in [-0.3, -0.25) is 14.9 Å². The van der Waals surface area contributed by atoms with Gasteiger partial charge in [0, 0.05) is 19.1 Å². The number of carbonyl (C=O) groups is 1. The number of esters is 1. The molecule has 0 bridgehead atoms. The quantitative estimate of drug-likeness (QED) is 0.473. The van der Waals surface area contributed by atoms with Crippen LogP contribution in [0.3, 0.4) is 0 Å². The molecule has 1 unspecified atom stereocenters. The van der Waals surface area contributed by atoms with Crippen molar-refractivity contribution in [2.75, 3.05) is 0 Å². The third-order valence-corrected chi connectivity index (χ3v) is 1.97. The molecular formula is C13H16N2O4. The number of nitro groups is 1. The van der Waals surface area contributed by atoms with E-state index in [0.29, 0.717) is 6.42 Å². The summed E-state index contributed by atoms with van der Waals surface area (Å²) in [5.41, 5.74) is 0.137. The zero-order valence-corrected chi connectivity index (χ0v) is 10.9. The van der Waals surface area contributed by atoms with Crippen LogP contribution in [0.2, 0.25) is 0 Å². The molecule has 0 aliphatic carbocycles. The van der Waals surface area contributed by atoms with Crippen molar-refractivity contribution in [1.29, 1.82) is 5.26 Å². The molecule has 0 amide bonds. The van der Waals surface area contributed by atoms with E-state index in [-0.39, 0.29) is 11.7 Å². The number of nitro benzene ring substituents is 1. The topological polar surface area (TPSA) is 93.2 Å². The summed E-state index contributed by atoms with van der Waals surface area (Å²) in [5, 5.41) is 18.4. The van der Waals surface area contributed by atoms with Crippen LogP contribution in [0.5, 0.6) is 0 Å². The summed E-state index contributed by atoms with van der Waals surface area (Å²) in [6, 6.07) is 9.83. The number of rotatable bonds is 4. The number of carbonyl (C=O) groups excluding carboxylic acids is 1. The van der Waals surface area contributed by atoms with Crippen LogP contribution in [-0.2, 0) is 9.53 Å². The molecule has 0 radical (unpaired) electrons. The second kappa shape index (κ2) is 9.59. The molecule has 0 spiro atoms. The monoisotopic (exact) mass is 264 g/mol. The Labute approximate surface area is 111 Å². The highest BCUT2D eigenvalue weighted by atomic mass is 16.6. The van der Waals surface area contributed by atoms with Crippen LogP contribution in [-0.4, -0.2) is 17.0 Å². The van der Waals surface area contributed by atoms with Crippen molar-refractivity contribution in [3.05, 3.63) is 40.4 Å². The van der Waals surface area contributed by atoms with E-state index in [4.69, 9.17) is 5.26 Å². The smallest absolute Gasteiger partial charge is 0.303 e. The van der Waals surface area contributed by atoms with E-state index in [1.54, 1.807) is 18.2 Å². The molecule has 0 aromatic heterocycles. The van der Waals surface area contributed by atoms with E-state index in [1.165, 1.54) is 19.1 Å². The Bertz CT molecular complexity index is 440. The summed E-state index contributed by atoms with van der Waals surface area (Å²) in [6.45, 7) is 3.24.